The highest BCUT2D eigenvalue weighted by Gasteiger charge is 2.41. The lowest BCUT2D eigenvalue weighted by molar-refractivity contribution is 0.0508. The van der Waals surface area contributed by atoms with Crippen molar-refractivity contribution in [3.05, 3.63) is 53.6 Å². The van der Waals surface area contributed by atoms with Crippen LogP contribution in [-0.2, 0) is 19.6 Å². The smallest absolute Gasteiger partial charge is 0.188 e. The van der Waals surface area contributed by atoms with Crippen molar-refractivity contribution in [2.75, 3.05) is 53.4 Å². The van der Waals surface area contributed by atoms with E-state index >= 15 is 0 Å². The van der Waals surface area contributed by atoms with Gasteiger partial charge in [0, 0.05) is 36.9 Å². The molecule has 0 amide bonds. The third-order valence-electron chi connectivity index (χ3n) is 6.62. The van der Waals surface area contributed by atoms with Crippen molar-refractivity contribution in [3.8, 4) is 11.5 Å². The van der Waals surface area contributed by atoms with E-state index in [1.807, 2.05) is 23.9 Å². The molecule has 2 atom stereocenters. The topological polar surface area (TPSA) is 66.4 Å². The number of thioether (sulfide) groups is 1. The number of benzene rings is 2. The molecule has 2 unspecified atom stereocenters. The third-order valence-corrected chi connectivity index (χ3v) is 8.03. The maximum Gasteiger partial charge on any atom is 0.188 e. The van der Waals surface area contributed by atoms with Gasteiger partial charge in [-0.1, -0.05) is 44.4 Å². The lowest BCUT2D eigenvalue weighted by Crippen LogP contribution is -2.36. The summed E-state index contributed by atoms with van der Waals surface area (Å²) in [6, 6.07) is 15.0. The predicted molar refractivity (Wildman–Crippen MR) is 140 cm³/mol. The molecule has 1 heterocycles. The van der Waals surface area contributed by atoms with E-state index in [-0.39, 0.29) is 25.6 Å². The Kier molecular flexibility index (Phi) is 11.7. The van der Waals surface area contributed by atoms with Crippen LogP contribution in [0.5, 0.6) is 11.5 Å². The van der Waals surface area contributed by atoms with E-state index in [1.54, 1.807) is 14.2 Å². The monoisotopic (exact) mass is 504 g/mol. The van der Waals surface area contributed by atoms with Crippen molar-refractivity contribution in [1.29, 1.82) is 0 Å². The second-order valence-electron chi connectivity index (χ2n) is 9.12. The predicted octanol–water partition coefficient (Wildman–Crippen LogP) is 5.76. The second kappa shape index (κ2) is 14.7. The Hall–Kier alpha value is -1.77. The van der Waals surface area contributed by atoms with Crippen LogP contribution < -0.4 is 9.47 Å². The highest BCUT2D eigenvalue weighted by molar-refractivity contribution is 7.99. The van der Waals surface area contributed by atoms with Crippen molar-refractivity contribution in [3.63, 3.8) is 0 Å². The molecule has 0 saturated heterocycles. The molecule has 0 radical (unpaired) electrons. The summed E-state index contributed by atoms with van der Waals surface area (Å²) in [4.78, 5) is 1.30. The first-order chi connectivity index (χ1) is 17.1. The van der Waals surface area contributed by atoms with Gasteiger partial charge in [0.25, 0.3) is 0 Å². The molecule has 0 aromatic heterocycles. The first kappa shape index (κ1) is 27.8. The minimum absolute atomic E-state index is 0.0105. The van der Waals surface area contributed by atoms with Crippen molar-refractivity contribution < 1.29 is 28.8 Å². The van der Waals surface area contributed by atoms with Gasteiger partial charge < -0.3 is 28.8 Å². The maximum absolute atomic E-state index is 8.83. The van der Waals surface area contributed by atoms with Crippen LogP contribution in [0.3, 0.4) is 0 Å². The number of methoxy groups -OCH3 is 2. The average Bonchev–Trinajstić information content (AvgIpc) is 2.89. The van der Waals surface area contributed by atoms with Gasteiger partial charge in [0.1, 0.15) is 11.5 Å². The van der Waals surface area contributed by atoms with Gasteiger partial charge in [0.15, 0.2) is 13.6 Å². The van der Waals surface area contributed by atoms with Crippen LogP contribution in [0.4, 0.5) is 0 Å². The van der Waals surface area contributed by atoms with E-state index in [0.717, 1.165) is 43.1 Å². The summed E-state index contributed by atoms with van der Waals surface area (Å²) in [6.07, 6.45) is 5.66. The Labute approximate surface area is 214 Å². The fraction of sp³-hybridized carbons (Fsp3) is 0.571. The summed E-state index contributed by atoms with van der Waals surface area (Å²) >= 11 is 1.91. The SMILES string of the molecule is COCOc1ccc(C2(C)CSc3cc(OCOC)ccc3C2CCCCCCOCCO)cc1. The summed E-state index contributed by atoms with van der Waals surface area (Å²) in [5.74, 6) is 3.09. The number of hydrogen-bond donors (Lipinski definition) is 1. The van der Waals surface area contributed by atoms with Gasteiger partial charge in [-0.2, -0.15) is 0 Å². The molecule has 0 spiro atoms. The van der Waals surface area contributed by atoms with E-state index < -0.39 is 0 Å². The van der Waals surface area contributed by atoms with Crippen molar-refractivity contribution >= 4 is 11.8 Å². The maximum atomic E-state index is 8.83. The number of aliphatic hydroxyl groups is 1. The van der Waals surface area contributed by atoms with Crippen LogP contribution in [0.1, 0.15) is 56.1 Å². The van der Waals surface area contributed by atoms with Crippen LogP contribution in [0.15, 0.2) is 47.4 Å². The van der Waals surface area contributed by atoms with E-state index in [9.17, 15) is 0 Å². The summed E-state index contributed by atoms with van der Waals surface area (Å²) in [6.45, 7) is 4.15. The Balaban J connectivity index is 1.74. The Morgan fingerprint density at radius 1 is 0.886 bits per heavy atom. The lowest BCUT2D eigenvalue weighted by Gasteiger charge is -2.43. The fourth-order valence-electron chi connectivity index (χ4n) is 4.71. The minimum Gasteiger partial charge on any atom is -0.468 e. The van der Waals surface area contributed by atoms with E-state index in [4.69, 9.17) is 28.8 Å². The molecule has 1 aliphatic rings. The third kappa shape index (κ3) is 7.86. The first-order valence-corrected chi connectivity index (χ1v) is 13.4. The molecule has 7 heteroatoms. The van der Waals surface area contributed by atoms with Gasteiger partial charge >= 0.3 is 0 Å². The number of fused-ring (bicyclic) bond motifs is 1. The van der Waals surface area contributed by atoms with Crippen LogP contribution in [-0.4, -0.2) is 58.5 Å². The summed E-state index contributed by atoms with van der Waals surface area (Å²) in [5, 5.41) is 8.83. The molecule has 0 aliphatic carbocycles. The van der Waals surface area contributed by atoms with Crippen molar-refractivity contribution in [1.82, 2.24) is 0 Å². The molecule has 2 aromatic rings. The van der Waals surface area contributed by atoms with Gasteiger partial charge in [-0.05, 0) is 54.2 Å². The normalized spacial score (nSPS) is 19.4. The zero-order valence-electron chi connectivity index (χ0n) is 21.3. The molecule has 1 N–H and O–H groups in total. The molecule has 1 aliphatic heterocycles. The fourth-order valence-corrected chi connectivity index (χ4v) is 6.11. The van der Waals surface area contributed by atoms with Gasteiger partial charge in [-0.25, -0.2) is 0 Å². The Morgan fingerprint density at radius 2 is 1.57 bits per heavy atom. The standard InChI is InChI=1S/C28H40O6S/c1-28(22-9-11-23(12-10-22)33-20-30-2)19-35-27-18-24(34-21-31-3)13-14-25(27)26(28)8-6-4-5-7-16-32-17-15-29/h9-14,18,26,29H,4-8,15-17,19-21H2,1-3H3. The van der Waals surface area contributed by atoms with Crippen LogP contribution in [0.25, 0.3) is 0 Å². The molecule has 0 fully saturated rings. The molecular formula is C28H40O6S. The quantitative estimate of drug-likeness (QED) is 0.230. The zero-order valence-corrected chi connectivity index (χ0v) is 22.1. The molecule has 0 bridgehead atoms. The molecule has 0 saturated carbocycles. The van der Waals surface area contributed by atoms with Crippen LogP contribution in [0, 0.1) is 0 Å². The minimum atomic E-state index is 0.0105. The Morgan fingerprint density at radius 3 is 2.29 bits per heavy atom. The first-order valence-electron chi connectivity index (χ1n) is 12.4. The number of hydrogen-bond acceptors (Lipinski definition) is 7. The van der Waals surface area contributed by atoms with Crippen LogP contribution in [0.2, 0.25) is 0 Å². The molecule has 3 rings (SSSR count). The highest BCUT2D eigenvalue weighted by atomic mass is 32.2. The van der Waals surface area contributed by atoms with Gasteiger partial charge in [0.2, 0.25) is 0 Å². The Bertz CT molecular complexity index is 874. The van der Waals surface area contributed by atoms with Crippen molar-refractivity contribution in [2.45, 2.75) is 55.3 Å². The second-order valence-corrected chi connectivity index (χ2v) is 10.1. The largest absolute Gasteiger partial charge is 0.468 e. The lowest BCUT2D eigenvalue weighted by atomic mass is 9.68. The summed E-state index contributed by atoms with van der Waals surface area (Å²) in [7, 11) is 3.27. The average molecular weight is 505 g/mol. The van der Waals surface area contributed by atoms with E-state index in [2.05, 4.69) is 37.3 Å². The number of aliphatic hydroxyl groups excluding tert-OH is 1. The van der Waals surface area contributed by atoms with Gasteiger partial charge in [-0.3, -0.25) is 0 Å². The molecule has 194 valence electrons. The summed E-state index contributed by atoms with van der Waals surface area (Å²) < 4.78 is 26.8. The molecule has 6 nitrogen and oxygen atoms in total. The molecule has 35 heavy (non-hydrogen) atoms. The number of unbranched alkanes of at least 4 members (excludes halogenated alkanes) is 3. The number of ether oxygens (including phenoxy) is 5. The zero-order chi connectivity index (χ0) is 24.9. The molecule has 2 aromatic carbocycles. The van der Waals surface area contributed by atoms with Gasteiger partial charge in [0.05, 0.1) is 13.2 Å². The van der Waals surface area contributed by atoms with E-state index in [1.165, 1.54) is 28.9 Å². The highest BCUT2D eigenvalue weighted by Crippen LogP contribution is 2.52. The summed E-state index contributed by atoms with van der Waals surface area (Å²) in [5.41, 5.74) is 2.75. The van der Waals surface area contributed by atoms with Crippen LogP contribution >= 0.6 is 11.8 Å². The van der Waals surface area contributed by atoms with E-state index in [0.29, 0.717) is 12.5 Å². The van der Waals surface area contributed by atoms with Gasteiger partial charge in [-0.15, -0.1) is 11.8 Å². The molecular weight excluding hydrogens is 464 g/mol. The number of rotatable bonds is 16. The van der Waals surface area contributed by atoms with Crippen molar-refractivity contribution in [2.24, 2.45) is 0 Å².